The van der Waals surface area contributed by atoms with Crippen molar-refractivity contribution in [3.8, 4) is 0 Å². The van der Waals surface area contributed by atoms with Gasteiger partial charge in [-0.05, 0) is 31.7 Å². The van der Waals surface area contributed by atoms with Crippen molar-refractivity contribution in [3.63, 3.8) is 0 Å². The summed E-state index contributed by atoms with van der Waals surface area (Å²) in [5.41, 5.74) is 5.85. The van der Waals surface area contributed by atoms with E-state index in [0.717, 1.165) is 43.6 Å². The number of nitrogens with zero attached hydrogens (tertiary/aromatic N) is 3. The molecule has 2 unspecified atom stereocenters. The monoisotopic (exact) mass is 288 g/mol. The Labute approximate surface area is 121 Å². The molecule has 0 saturated carbocycles. The highest BCUT2D eigenvalue weighted by Gasteiger charge is 2.26. The van der Waals surface area contributed by atoms with Gasteiger partial charge in [0.25, 0.3) is 0 Å². The van der Waals surface area contributed by atoms with Crippen LogP contribution in [0.4, 0.5) is 0 Å². The van der Waals surface area contributed by atoms with E-state index < -0.39 is 0 Å². The van der Waals surface area contributed by atoms with Gasteiger partial charge in [-0.1, -0.05) is 19.0 Å². The summed E-state index contributed by atoms with van der Waals surface area (Å²) < 4.78 is 5.30. The van der Waals surface area contributed by atoms with Crippen LogP contribution in [0.15, 0.2) is 4.52 Å². The molecule has 2 heterocycles. The van der Waals surface area contributed by atoms with Crippen LogP contribution in [0.1, 0.15) is 44.8 Å². The molecular formula is C13H25ClN4O. The molecule has 1 saturated heterocycles. The normalized spacial score (nSPS) is 24.2. The lowest BCUT2D eigenvalue weighted by molar-refractivity contribution is 0.102. The van der Waals surface area contributed by atoms with Gasteiger partial charge in [0, 0.05) is 19.0 Å². The number of aromatic nitrogens is 2. The van der Waals surface area contributed by atoms with Crippen molar-refractivity contribution in [1.82, 2.24) is 15.0 Å². The molecule has 0 radical (unpaired) electrons. The summed E-state index contributed by atoms with van der Waals surface area (Å²) >= 11 is 0. The first-order valence-electron chi connectivity index (χ1n) is 6.98. The van der Waals surface area contributed by atoms with Gasteiger partial charge in [-0.25, -0.2) is 0 Å². The Morgan fingerprint density at radius 1 is 1.47 bits per heavy atom. The average Bonchev–Trinajstić information content (AvgIpc) is 2.79. The minimum Gasteiger partial charge on any atom is -0.338 e. The molecule has 1 aliphatic heterocycles. The number of piperidine rings is 1. The second kappa shape index (κ2) is 7.82. The number of hydrogen-bond acceptors (Lipinski definition) is 5. The van der Waals surface area contributed by atoms with Gasteiger partial charge in [-0.2, -0.15) is 4.98 Å². The Morgan fingerprint density at radius 2 is 2.26 bits per heavy atom. The van der Waals surface area contributed by atoms with Gasteiger partial charge in [0.15, 0.2) is 5.82 Å². The van der Waals surface area contributed by atoms with Crippen molar-refractivity contribution in [2.24, 2.45) is 11.7 Å². The van der Waals surface area contributed by atoms with Gasteiger partial charge in [0.2, 0.25) is 5.89 Å². The molecule has 2 atom stereocenters. The minimum atomic E-state index is 0. The molecule has 5 nitrogen and oxygen atoms in total. The molecule has 0 aliphatic carbocycles. The third-order valence-electron chi connectivity index (χ3n) is 3.69. The van der Waals surface area contributed by atoms with Gasteiger partial charge >= 0.3 is 0 Å². The maximum Gasteiger partial charge on any atom is 0.240 e. The highest BCUT2D eigenvalue weighted by Crippen LogP contribution is 2.23. The van der Waals surface area contributed by atoms with E-state index in [1.54, 1.807) is 0 Å². The first-order chi connectivity index (χ1) is 8.72. The number of likely N-dealkylation sites (tertiary alicyclic amines) is 1. The highest BCUT2D eigenvalue weighted by molar-refractivity contribution is 5.85. The zero-order chi connectivity index (χ0) is 13.0. The van der Waals surface area contributed by atoms with Gasteiger partial charge in [-0.3, -0.25) is 4.90 Å². The molecule has 2 rings (SSSR count). The van der Waals surface area contributed by atoms with Gasteiger partial charge in [-0.15, -0.1) is 12.4 Å². The maximum absolute atomic E-state index is 5.85. The van der Waals surface area contributed by atoms with Gasteiger partial charge < -0.3 is 10.3 Å². The summed E-state index contributed by atoms with van der Waals surface area (Å²) in [4.78, 5) is 6.80. The van der Waals surface area contributed by atoms with E-state index in [4.69, 9.17) is 10.3 Å². The summed E-state index contributed by atoms with van der Waals surface area (Å²) in [5, 5.41) is 3.99. The van der Waals surface area contributed by atoms with E-state index in [1.807, 2.05) is 0 Å². The number of halogens is 1. The predicted molar refractivity (Wildman–Crippen MR) is 77.2 cm³/mol. The van der Waals surface area contributed by atoms with Crippen molar-refractivity contribution < 1.29 is 4.52 Å². The van der Waals surface area contributed by atoms with Crippen LogP contribution >= 0.6 is 12.4 Å². The second-order valence-electron chi connectivity index (χ2n) is 5.34. The van der Waals surface area contributed by atoms with Gasteiger partial charge in [0.1, 0.15) is 0 Å². The van der Waals surface area contributed by atoms with E-state index in [9.17, 15) is 0 Å². The molecule has 1 fully saturated rings. The van der Waals surface area contributed by atoms with E-state index in [-0.39, 0.29) is 12.4 Å². The number of nitrogens with two attached hydrogens (primary N) is 1. The van der Waals surface area contributed by atoms with Crippen LogP contribution in [0, 0.1) is 5.92 Å². The molecule has 1 aliphatic rings. The standard InChI is InChI=1S/C13H24N4O.ClH/c1-3-4-12-15-13(18-16-12)9-17-6-5-10(2)7-11(17)8-14;/h10-11H,3-9,14H2,1-2H3;1H. The minimum absolute atomic E-state index is 0. The number of aryl methyl sites for hydroxylation is 1. The topological polar surface area (TPSA) is 68.2 Å². The lowest BCUT2D eigenvalue weighted by Gasteiger charge is -2.36. The molecule has 2 N–H and O–H groups in total. The lowest BCUT2D eigenvalue weighted by Crippen LogP contribution is -2.45. The molecule has 0 aromatic carbocycles. The van der Waals surface area contributed by atoms with Crippen LogP contribution in [0.25, 0.3) is 0 Å². The van der Waals surface area contributed by atoms with Crippen molar-refractivity contribution in [2.75, 3.05) is 13.1 Å². The Balaban J connectivity index is 0.00000180. The van der Waals surface area contributed by atoms with E-state index in [1.165, 1.54) is 12.8 Å². The third kappa shape index (κ3) is 4.44. The van der Waals surface area contributed by atoms with Crippen LogP contribution in [0.3, 0.4) is 0 Å². The third-order valence-corrected chi connectivity index (χ3v) is 3.69. The Kier molecular flexibility index (Phi) is 6.75. The van der Waals surface area contributed by atoms with E-state index in [0.29, 0.717) is 12.6 Å². The smallest absolute Gasteiger partial charge is 0.240 e. The summed E-state index contributed by atoms with van der Waals surface area (Å²) in [6, 6.07) is 0.454. The van der Waals surface area contributed by atoms with Crippen LogP contribution < -0.4 is 5.73 Å². The lowest BCUT2D eigenvalue weighted by atomic mass is 9.92. The summed E-state index contributed by atoms with van der Waals surface area (Å²) in [5.74, 6) is 2.32. The molecule has 6 heteroatoms. The highest BCUT2D eigenvalue weighted by atomic mass is 35.5. The van der Waals surface area contributed by atoms with E-state index >= 15 is 0 Å². The molecule has 1 aromatic heterocycles. The SMILES string of the molecule is CCCc1noc(CN2CCC(C)CC2CN)n1.Cl. The quantitative estimate of drug-likeness (QED) is 0.897. The average molecular weight is 289 g/mol. The second-order valence-corrected chi connectivity index (χ2v) is 5.34. The Morgan fingerprint density at radius 3 is 2.95 bits per heavy atom. The molecule has 0 spiro atoms. The number of hydrogen-bond donors (Lipinski definition) is 1. The molecular weight excluding hydrogens is 264 g/mol. The summed E-state index contributed by atoms with van der Waals surface area (Å²) in [6.45, 7) is 6.94. The van der Waals surface area contributed by atoms with Crippen molar-refractivity contribution >= 4 is 12.4 Å². The fraction of sp³-hybridized carbons (Fsp3) is 0.846. The summed E-state index contributed by atoms with van der Waals surface area (Å²) in [7, 11) is 0. The molecule has 19 heavy (non-hydrogen) atoms. The Hall–Kier alpha value is -0.650. The van der Waals surface area contributed by atoms with Crippen molar-refractivity contribution in [3.05, 3.63) is 11.7 Å². The van der Waals surface area contributed by atoms with Crippen molar-refractivity contribution in [2.45, 2.75) is 52.1 Å². The molecule has 0 amide bonds. The van der Waals surface area contributed by atoms with Crippen molar-refractivity contribution in [1.29, 1.82) is 0 Å². The van der Waals surface area contributed by atoms with Crippen LogP contribution in [0.2, 0.25) is 0 Å². The zero-order valence-corrected chi connectivity index (χ0v) is 12.7. The Bertz CT molecular complexity index is 371. The maximum atomic E-state index is 5.85. The largest absolute Gasteiger partial charge is 0.338 e. The zero-order valence-electron chi connectivity index (χ0n) is 11.8. The summed E-state index contributed by atoms with van der Waals surface area (Å²) in [6.07, 6.45) is 4.34. The molecule has 110 valence electrons. The van der Waals surface area contributed by atoms with Crippen LogP contribution in [0.5, 0.6) is 0 Å². The first kappa shape index (κ1) is 16.4. The predicted octanol–water partition coefficient (Wildman–Crippen LogP) is 2.00. The van der Waals surface area contributed by atoms with Gasteiger partial charge in [0.05, 0.1) is 6.54 Å². The van der Waals surface area contributed by atoms with Crippen LogP contribution in [-0.4, -0.2) is 34.2 Å². The first-order valence-corrected chi connectivity index (χ1v) is 6.98. The molecule has 1 aromatic rings. The number of rotatable bonds is 5. The van der Waals surface area contributed by atoms with E-state index in [2.05, 4.69) is 28.9 Å². The van der Waals surface area contributed by atoms with Crippen LogP contribution in [-0.2, 0) is 13.0 Å². The molecule has 0 bridgehead atoms. The fourth-order valence-electron chi connectivity index (χ4n) is 2.61. The fourth-order valence-corrected chi connectivity index (χ4v) is 2.61.